The first-order chi connectivity index (χ1) is 17.9. The number of nitrogens with one attached hydrogen (secondary N) is 1. The number of morpholine rings is 1. The number of rotatable bonds is 8. The van der Waals surface area contributed by atoms with Crippen molar-refractivity contribution in [2.24, 2.45) is 5.10 Å². The first-order valence-electron chi connectivity index (χ1n) is 12.1. The van der Waals surface area contributed by atoms with Crippen molar-refractivity contribution in [3.05, 3.63) is 77.7 Å². The molecule has 2 atom stereocenters. The first kappa shape index (κ1) is 25.6. The van der Waals surface area contributed by atoms with E-state index in [1.54, 1.807) is 24.2 Å². The van der Waals surface area contributed by atoms with Crippen molar-refractivity contribution in [3.63, 3.8) is 0 Å². The fraction of sp³-hybridized carbons (Fsp3) is 0.385. The molecule has 37 heavy (non-hydrogen) atoms. The van der Waals surface area contributed by atoms with Crippen molar-refractivity contribution in [3.8, 4) is 11.5 Å². The number of alkyl halides is 3. The van der Waals surface area contributed by atoms with E-state index in [0.717, 1.165) is 59.9 Å². The van der Waals surface area contributed by atoms with Crippen LogP contribution in [-0.4, -0.2) is 65.2 Å². The molecule has 196 valence electrons. The minimum Gasteiger partial charge on any atom is -0.445 e. The zero-order valence-corrected chi connectivity index (χ0v) is 21.1. The van der Waals surface area contributed by atoms with Crippen molar-refractivity contribution in [1.82, 2.24) is 20.2 Å². The van der Waals surface area contributed by atoms with Crippen LogP contribution in [0.3, 0.4) is 0 Å². The van der Waals surface area contributed by atoms with Gasteiger partial charge < -0.3 is 14.1 Å². The van der Waals surface area contributed by atoms with Crippen LogP contribution in [0.2, 0.25) is 0 Å². The number of hydrogen-bond donors (Lipinski definition) is 1. The lowest BCUT2D eigenvalue weighted by molar-refractivity contribution is -0.137. The van der Waals surface area contributed by atoms with Crippen molar-refractivity contribution >= 4 is 17.6 Å². The minimum absolute atomic E-state index is 0.0472. The quantitative estimate of drug-likeness (QED) is 0.409. The van der Waals surface area contributed by atoms with Crippen LogP contribution in [0, 0.1) is 0 Å². The molecule has 0 saturated carbocycles. The third-order valence-electron chi connectivity index (χ3n) is 6.44. The third kappa shape index (κ3) is 6.11. The molecule has 5 rings (SSSR count). The normalized spacial score (nSPS) is 20.6. The Kier molecular flexibility index (Phi) is 7.73. The number of aromatic nitrogens is 1. The Hall–Kier alpha value is -3.02. The summed E-state index contributed by atoms with van der Waals surface area (Å²) in [6.45, 7) is 2.96. The van der Waals surface area contributed by atoms with Gasteiger partial charge >= 0.3 is 6.18 Å². The standard InChI is InChI=1S/C26H28F3N5O2S/c1-33-23(19-3-5-20(6-4-19)24-30-11-14-36-24)31-32-25(33)37-16-2-12-34-13-15-35-22(17-34)18-7-9-21(10-8-18)26(27,28)29/h3-11,14,22,25,32H,2,12-13,15-17H2,1H3. The smallest absolute Gasteiger partial charge is 0.416 e. The van der Waals surface area contributed by atoms with Gasteiger partial charge in [0.25, 0.3) is 0 Å². The van der Waals surface area contributed by atoms with Crippen LogP contribution >= 0.6 is 11.8 Å². The summed E-state index contributed by atoms with van der Waals surface area (Å²) < 4.78 is 49.7. The van der Waals surface area contributed by atoms with Gasteiger partial charge in [0, 0.05) is 31.3 Å². The summed E-state index contributed by atoms with van der Waals surface area (Å²) in [5, 5.41) is 4.53. The maximum absolute atomic E-state index is 12.8. The van der Waals surface area contributed by atoms with Crippen molar-refractivity contribution < 1.29 is 22.3 Å². The molecule has 7 nitrogen and oxygen atoms in total. The van der Waals surface area contributed by atoms with E-state index in [2.05, 4.69) is 25.3 Å². The van der Waals surface area contributed by atoms with Crippen LogP contribution < -0.4 is 5.43 Å². The molecule has 3 aromatic rings. The molecule has 3 heterocycles. The highest BCUT2D eigenvalue weighted by Gasteiger charge is 2.31. The van der Waals surface area contributed by atoms with Crippen LogP contribution in [0.25, 0.3) is 11.5 Å². The molecule has 0 spiro atoms. The molecule has 11 heteroatoms. The number of amidine groups is 1. The molecule has 0 bridgehead atoms. The molecule has 0 amide bonds. The highest BCUT2D eigenvalue weighted by Crippen LogP contribution is 2.31. The fourth-order valence-corrected chi connectivity index (χ4v) is 5.38. The predicted molar refractivity (Wildman–Crippen MR) is 137 cm³/mol. The fourth-order valence-electron chi connectivity index (χ4n) is 4.42. The monoisotopic (exact) mass is 531 g/mol. The number of benzene rings is 2. The summed E-state index contributed by atoms with van der Waals surface area (Å²) >= 11 is 1.79. The minimum atomic E-state index is -4.33. The Labute approximate surface area is 217 Å². The lowest BCUT2D eigenvalue weighted by Gasteiger charge is -2.33. The second-order valence-electron chi connectivity index (χ2n) is 8.95. The highest BCUT2D eigenvalue weighted by molar-refractivity contribution is 7.99. The zero-order chi connectivity index (χ0) is 25.8. The molecule has 2 aliphatic heterocycles. The highest BCUT2D eigenvalue weighted by atomic mass is 32.2. The van der Waals surface area contributed by atoms with Gasteiger partial charge in [-0.2, -0.15) is 18.3 Å². The van der Waals surface area contributed by atoms with Crippen LogP contribution in [0.1, 0.15) is 29.2 Å². The van der Waals surface area contributed by atoms with Gasteiger partial charge in [0.1, 0.15) is 6.26 Å². The average Bonchev–Trinajstić information content (AvgIpc) is 3.57. The largest absolute Gasteiger partial charge is 0.445 e. The summed E-state index contributed by atoms with van der Waals surface area (Å²) in [4.78, 5) is 8.62. The van der Waals surface area contributed by atoms with Crippen molar-refractivity contribution in [1.29, 1.82) is 0 Å². The third-order valence-corrected chi connectivity index (χ3v) is 7.71. The lowest BCUT2D eigenvalue weighted by atomic mass is 10.1. The molecule has 1 saturated heterocycles. The van der Waals surface area contributed by atoms with Crippen LogP contribution in [0.4, 0.5) is 13.2 Å². The Morgan fingerprint density at radius 1 is 1.08 bits per heavy atom. The average molecular weight is 532 g/mol. The molecule has 2 aromatic carbocycles. The summed E-state index contributed by atoms with van der Waals surface area (Å²) in [6.07, 6.45) is -0.374. The second kappa shape index (κ2) is 11.2. The maximum atomic E-state index is 12.8. The zero-order valence-electron chi connectivity index (χ0n) is 20.3. The number of halogens is 3. The van der Waals surface area contributed by atoms with Gasteiger partial charge in [0.05, 0.1) is 24.5 Å². The predicted octanol–water partition coefficient (Wildman–Crippen LogP) is 5.04. The first-order valence-corrected chi connectivity index (χ1v) is 13.1. The number of ether oxygens (including phenoxy) is 1. The number of thioether (sulfide) groups is 1. The SMILES string of the molecule is CN1C(c2ccc(-c3ncco3)cc2)=NNC1SCCCN1CCOC(c2ccc(C(F)(F)F)cc2)C1. The molecular weight excluding hydrogens is 503 g/mol. The number of hydrogen-bond acceptors (Lipinski definition) is 8. The van der Waals surface area contributed by atoms with Crippen LogP contribution in [0.5, 0.6) is 0 Å². The van der Waals surface area contributed by atoms with E-state index in [9.17, 15) is 13.2 Å². The van der Waals surface area contributed by atoms with Gasteiger partial charge in [0.15, 0.2) is 11.3 Å². The molecule has 0 aliphatic carbocycles. The lowest BCUT2D eigenvalue weighted by Crippen LogP contribution is -2.39. The Bertz CT molecular complexity index is 1190. The molecule has 2 aliphatic rings. The van der Waals surface area contributed by atoms with Crippen LogP contribution in [0.15, 0.2) is 70.5 Å². The van der Waals surface area contributed by atoms with E-state index in [-0.39, 0.29) is 11.6 Å². The molecule has 1 fully saturated rings. The molecule has 1 aromatic heterocycles. The molecule has 1 N–H and O–H groups in total. The van der Waals surface area contributed by atoms with E-state index in [4.69, 9.17) is 9.15 Å². The van der Waals surface area contributed by atoms with Gasteiger partial charge in [-0.15, -0.1) is 11.8 Å². The van der Waals surface area contributed by atoms with Crippen molar-refractivity contribution in [2.75, 3.05) is 39.0 Å². The maximum Gasteiger partial charge on any atom is 0.416 e. The van der Waals surface area contributed by atoms with E-state index in [1.165, 1.54) is 12.1 Å². The second-order valence-corrected chi connectivity index (χ2v) is 10.1. The van der Waals surface area contributed by atoms with Gasteiger partial charge in [-0.3, -0.25) is 10.3 Å². The summed E-state index contributed by atoms with van der Waals surface area (Å²) in [6, 6.07) is 13.3. The summed E-state index contributed by atoms with van der Waals surface area (Å²) in [7, 11) is 2.02. The van der Waals surface area contributed by atoms with E-state index < -0.39 is 11.7 Å². The van der Waals surface area contributed by atoms with Crippen molar-refractivity contribution in [2.45, 2.75) is 24.2 Å². The van der Waals surface area contributed by atoms with Crippen LogP contribution in [-0.2, 0) is 10.9 Å². The Morgan fingerprint density at radius 2 is 1.84 bits per heavy atom. The number of oxazole rings is 1. The van der Waals surface area contributed by atoms with Gasteiger partial charge in [-0.05, 0) is 48.5 Å². The van der Waals surface area contributed by atoms with Gasteiger partial charge in [-0.25, -0.2) is 4.98 Å². The number of nitrogens with zero attached hydrogens (tertiary/aromatic N) is 4. The van der Waals surface area contributed by atoms with Gasteiger partial charge in [0.2, 0.25) is 5.89 Å². The molecular formula is C26H28F3N5O2S. The molecule has 0 radical (unpaired) electrons. The van der Waals surface area contributed by atoms with Gasteiger partial charge in [-0.1, -0.05) is 24.3 Å². The van der Waals surface area contributed by atoms with E-state index in [0.29, 0.717) is 19.0 Å². The summed E-state index contributed by atoms with van der Waals surface area (Å²) in [5.41, 5.74) is 5.33. The Balaban J connectivity index is 1.06. The van der Waals surface area contributed by atoms with E-state index >= 15 is 0 Å². The topological polar surface area (TPSA) is 66.1 Å². The number of hydrazone groups is 1. The van der Waals surface area contributed by atoms with E-state index in [1.807, 2.05) is 31.3 Å². The molecule has 2 unspecified atom stereocenters. The summed E-state index contributed by atoms with van der Waals surface area (Å²) in [5.74, 6) is 2.41. The Morgan fingerprint density at radius 3 is 2.54 bits per heavy atom.